The maximum Gasteiger partial charge on any atom is 0.319 e. The van der Waals surface area contributed by atoms with E-state index >= 15 is 4.39 Å². The van der Waals surface area contributed by atoms with Crippen LogP contribution in [-0.4, -0.2) is 71.4 Å². The highest BCUT2D eigenvalue weighted by atomic mass is 19.1. The molecule has 3 aliphatic heterocycles. The van der Waals surface area contributed by atoms with Gasteiger partial charge in [0.1, 0.15) is 29.5 Å². The van der Waals surface area contributed by atoms with E-state index in [1.807, 2.05) is 6.07 Å². The van der Waals surface area contributed by atoms with E-state index in [2.05, 4.69) is 32.6 Å². The van der Waals surface area contributed by atoms with E-state index in [-0.39, 0.29) is 28.3 Å². The van der Waals surface area contributed by atoms with Crippen molar-refractivity contribution in [3.8, 4) is 29.6 Å². The highest BCUT2D eigenvalue weighted by molar-refractivity contribution is 6.02. The van der Waals surface area contributed by atoms with Crippen LogP contribution in [0.25, 0.3) is 32.9 Å². The lowest BCUT2D eigenvalue weighted by molar-refractivity contribution is 0.0521. The Hall–Kier alpha value is -3.87. The van der Waals surface area contributed by atoms with Crippen molar-refractivity contribution in [2.45, 2.75) is 57.0 Å². The topological polar surface area (TPSA) is 63.6 Å². The molecule has 9 heteroatoms. The molecule has 2 aromatic heterocycles. The quantitative estimate of drug-likeness (QED) is 0.230. The molecule has 228 valence electrons. The Morgan fingerprint density at radius 1 is 1.09 bits per heavy atom. The van der Waals surface area contributed by atoms with Gasteiger partial charge in [-0.05, 0) is 62.4 Å². The van der Waals surface area contributed by atoms with Crippen LogP contribution >= 0.6 is 0 Å². The van der Waals surface area contributed by atoms with Crippen LogP contribution in [0.4, 0.5) is 14.6 Å². The van der Waals surface area contributed by atoms with Crippen molar-refractivity contribution in [3.63, 3.8) is 0 Å². The van der Waals surface area contributed by atoms with Crippen molar-refractivity contribution in [1.82, 2.24) is 19.9 Å². The molecule has 5 heterocycles. The summed E-state index contributed by atoms with van der Waals surface area (Å²) >= 11 is 0. The van der Waals surface area contributed by atoms with Gasteiger partial charge in [-0.1, -0.05) is 37.1 Å². The molecule has 3 aliphatic rings. The van der Waals surface area contributed by atoms with Crippen LogP contribution in [0.5, 0.6) is 6.01 Å². The van der Waals surface area contributed by atoms with Gasteiger partial charge in [-0.15, -0.1) is 6.42 Å². The number of pyridine rings is 1. The third-order valence-corrected chi connectivity index (χ3v) is 9.86. The molecule has 44 heavy (non-hydrogen) atoms. The normalized spacial score (nSPS) is 23.8. The van der Waals surface area contributed by atoms with Crippen LogP contribution in [0.1, 0.15) is 51.0 Å². The molecule has 3 fully saturated rings. The van der Waals surface area contributed by atoms with E-state index < -0.39 is 11.6 Å². The third kappa shape index (κ3) is 4.85. The Balaban J connectivity index is 1.33. The van der Waals surface area contributed by atoms with Crippen LogP contribution < -0.4 is 9.64 Å². The van der Waals surface area contributed by atoms with Gasteiger partial charge >= 0.3 is 6.01 Å². The van der Waals surface area contributed by atoms with Crippen molar-refractivity contribution < 1.29 is 18.3 Å². The number of hydrogen-bond donors (Lipinski definition) is 0. The molecule has 0 N–H and O–H groups in total. The molecule has 4 aromatic rings. The first kappa shape index (κ1) is 28.9. The number of benzene rings is 2. The Labute approximate surface area is 256 Å². The van der Waals surface area contributed by atoms with Gasteiger partial charge in [-0.25, -0.2) is 8.78 Å². The van der Waals surface area contributed by atoms with E-state index in [1.165, 1.54) is 6.07 Å². The summed E-state index contributed by atoms with van der Waals surface area (Å²) in [6, 6.07) is 8.85. The van der Waals surface area contributed by atoms with Gasteiger partial charge in [0.15, 0.2) is 5.82 Å². The Morgan fingerprint density at radius 3 is 2.80 bits per heavy atom. The van der Waals surface area contributed by atoms with Gasteiger partial charge in [0.25, 0.3) is 0 Å². The minimum absolute atomic E-state index is 0.0616. The largest absolute Gasteiger partial charge is 0.461 e. The molecule has 3 unspecified atom stereocenters. The monoisotopic (exact) mass is 597 g/mol. The summed E-state index contributed by atoms with van der Waals surface area (Å²) in [6.45, 7) is 5.98. The zero-order valence-electron chi connectivity index (χ0n) is 25.3. The fourth-order valence-corrected chi connectivity index (χ4v) is 7.77. The molecule has 0 radical (unpaired) electrons. The first-order valence-corrected chi connectivity index (χ1v) is 15.6. The second kappa shape index (κ2) is 11.6. The third-order valence-electron chi connectivity index (χ3n) is 9.86. The maximum absolute atomic E-state index is 16.7. The summed E-state index contributed by atoms with van der Waals surface area (Å²) in [4.78, 5) is 18.9. The van der Waals surface area contributed by atoms with Crippen molar-refractivity contribution in [1.29, 1.82) is 0 Å². The molecule has 0 bridgehead atoms. The van der Waals surface area contributed by atoms with Crippen molar-refractivity contribution in [2.75, 3.05) is 44.9 Å². The molecular formula is C35H37F2N5O2. The lowest BCUT2D eigenvalue weighted by atomic mass is 9.95. The van der Waals surface area contributed by atoms with Crippen LogP contribution in [0.3, 0.4) is 0 Å². The molecule has 3 saturated heterocycles. The maximum atomic E-state index is 16.7. The second-order valence-electron chi connectivity index (χ2n) is 12.6. The Morgan fingerprint density at radius 2 is 1.98 bits per heavy atom. The van der Waals surface area contributed by atoms with Gasteiger partial charge in [0.05, 0.1) is 23.1 Å². The highest BCUT2D eigenvalue weighted by Gasteiger charge is 2.49. The minimum atomic E-state index is -0.609. The molecule has 7 nitrogen and oxygen atoms in total. The lowest BCUT2D eigenvalue weighted by Crippen LogP contribution is -2.47. The van der Waals surface area contributed by atoms with Crippen LogP contribution in [0.15, 0.2) is 36.5 Å². The number of fused-ring (bicyclic) bond motifs is 3. The molecule has 0 amide bonds. The number of rotatable bonds is 7. The summed E-state index contributed by atoms with van der Waals surface area (Å²) in [5.74, 6) is 2.42. The minimum Gasteiger partial charge on any atom is -0.461 e. The van der Waals surface area contributed by atoms with Crippen molar-refractivity contribution in [3.05, 3.63) is 53.7 Å². The van der Waals surface area contributed by atoms with Crippen molar-refractivity contribution >= 4 is 27.5 Å². The summed E-state index contributed by atoms with van der Waals surface area (Å²) in [7, 11) is 1.75. The zero-order valence-corrected chi connectivity index (χ0v) is 25.3. The molecule has 0 spiro atoms. The number of piperidine rings is 1. The summed E-state index contributed by atoms with van der Waals surface area (Å²) in [5, 5.41) is 1.68. The average Bonchev–Trinajstić information content (AvgIpc) is 3.60. The first-order chi connectivity index (χ1) is 21.4. The molecule has 3 atom stereocenters. The van der Waals surface area contributed by atoms with Gasteiger partial charge < -0.3 is 14.4 Å². The standard InChI is InChI=1S/C35H37F2N5O2/c1-4-25-28(36)12-11-23-9-5-10-26(29(23)25)31-30(37)32-27(18-38-31)33(41-16-6-8-22(2)19-41)40-34(39-32)44-21-35-14-7-17-42(35)24(13-15-35)20-43-3/h1,5,9-12,18,22,24H,6-8,13-17,19-21H2,2-3H3. The number of ether oxygens (including phenoxy) is 2. The van der Waals surface area contributed by atoms with Crippen molar-refractivity contribution in [2.24, 2.45) is 5.92 Å². The van der Waals surface area contributed by atoms with Gasteiger partial charge in [0.2, 0.25) is 0 Å². The van der Waals surface area contributed by atoms with Crippen LogP contribution in [0, 0.1) is 29.9 Å². The summed E-state index contributed by atoms with van der Waals surface area (Å²) in [6.07, 6.45) is 13.7. The first-order valence-electron chi connectivity index (χ1n) is 15.6. The smallest absolute Gasteiger partial charge is 0.319 e. The lowest BCUT2D eigenvalue weighted by Gasteiger charge is -2.35. The predicted molar refractivity (Wildman–Crippen MR) is 168 cm³/mol. The Bertz CT molecular complexity index is 1770. The van der Waals surface area contributed by atoms with Crippen LogP contribution in [0.2, 0.25) is 0 Å². The Kier molecular flexibility index (Phi) is 7.59. The van der Waals surface area contributed by atoms with E-state index in [1.54, 1.807) is 31.5 Å². The fraction of sp³-hybridized carbons (Fsp3) is 0.457. The number of aromatic nitrogens is 3. The van der Waals surface area contributed by atoms with E-state index in [4.69, 9.17) is 20.9 Å². The number of nitrogens with zero attached hydrogens (tertiary/aromatic N) is 5. The van der Waals surface area contributed by atoms with E-state index in [0.717, 1.165) is 58.2 Å². The number of terminal acetylenes is 1. The van der Waals surface area contributed by atoms with Gasteiger partial charge in [-0.2, -0.15) is 9.97 Å². The van der Waals surface area contributed by atoms with Crippen LogP contribution in [-0.2, 0) is 4.74 Å². The number of anilines is 1. The molecule has 2 aromatic carbocycles. The molecular weight excluding hydrogens is 560 g/mol. The summed E-state index contributed by atoms with van der Waals surface area (Å²) in [5.41, 5.74) is 0.596. The number of methoxy groups -OCH3 is 1. The zero-order chi connectivity index (χ0) is 30.4. The number of hydrogen-bond acceptors (Lipinski definition) is 7. The SMILES string of the molecule is C#Cc1c(F)ccc2cccc(-c3ncc4c(N5CCCC(C)C5)nc(OCC56CCCN5C(COC)CC6)nc4c3F)c12. The van der Waals surface area contributed by atoms with E-state index in [0.29, 0.717) is 52.7 Å². The highest BCUT2D eigenvalue weighted by Crippen LogP contribution is 2.43. The van der Waals surface area contributed by atoms with E-state index in [9.17, 15) is 4.39 Å². The average molecular weight is 598 g/mol. The fourth-order valence-electron chi connectivity index (χ4n) is 7.77. The second-order valence-corrected chi connectivity index (χ2v) is 12.6. The number of halogens is 2. The molecule has 0 saturated carbocycles. The molecule has 7 rings (SSSR count). The molecule has 0 aliphatic carbocycles. The summed E-state index contributed by atoms with van der Waals surface area (Å²) < 4.78 is 43.4. The van der Waals surface area contributed by atoms with Gasteiger partial charge in [0, 0.05) is 43.4 Å². The van der Waals surface area contributed by atoms with Gasteiger partial charge in [-0.3, -0.25) is 9.88 Å². The predicted octanol–water partition coefficient (Wildman–Crippen LogP) is 6.36.